The molecule has 0 spiro atoms. The highest BCUT2D eigenvalue weighted by molar-refractivity contribution is 5.80. The van der Waals surface area contributed by atoms with Crippen LogP contribution in [-0.4, -0.2) is 28.7 Å². The molecule has 0 radical (unpaired) electrons. The third-order valence-corrected chi connectivity index (χ3v) is 4.52. The van der Waals surface area contributed by atoms with Gasteiger partial charge in [-0.05, 0) is 50.5 Å². The molecule has 0 atom stereocenters. The third-order valence-electron chi connectivity index (χ3n) is 4.52. The summed E-state index contributed by atoms with van der Waals surface area (Å²) in [7, 11) is 4.01. The Hall–Kier alpha value is -2.56. The normalized spacial score (nSPS) is 11.2. The van der Waals surface area contributed by atoms with E-state index >= 15 is 0 Å². The molecule has 126 valence electrons. The minimum Gasteiger partial charge on any atom is -0.395 e. The number of pyridine rings is 2. The van der Waals surface area contributed by atoms with Crippen molar-refractivity contribution >= 4 is 17.0 Å². The number of aryl methyl sites for hydroxylation is 4. The molecular weight excluding hydrogens is 298 g/mol. The van der Waals surface area contributed by atoms with Crippen molar-refractivity contribution in [3.05, 3.63) is 40.7 Å². The fraction of sp³-hybridized carbons (Fsp3) is 0.368. The van der Waals surface area contributed by atoms with Gasteiger partial charge in [-0.1, -0.05) is 13.0 Å². The first-order valence-electron chi connectivity index (χ1n) is 8.27. The highest BCUT2D eigenvalue weighted by Crippen LogP contribution is 2.32. The molecule has 3 rings (SSSR count). The average molecular weight is 323 g/mol. The van der Waals surface area contributed by atoms with Crippen molar-refractivity contribution in [1.82, 2.24) is 14.6 Å². The third kappa shape index (κ3) is 2.40. The van der Waals surface area contributed by atoms with E-state index in [0.717, 1.165) is 51.7 Å². The van der Waals surface area contributed by atoms with Gasteiger partial charge in [-0.15, -0.1) is 0 Å². The molecule has 24 heavy (non-hydrogen) atoms. The van der Waals surface area contributed by atoms with E-state index in [2.05, 4.69) is 45.9 Å². The van der Waals surface area contributed by atoms with E-state index in [0.29, 0.717) is 0 Å². The van der Waals surface area contributed by atoms with Crippen LogP contribution in [0.4, 0.5) is 11.5 Å². The quantitative estimate of drug-likeness (QED) is 0.801. The lowest BCUT2D eigenvalue weighted by atomic mass is 10.0. The maximum absolute atomic E-state index is 6.33. The molecular formula is C19H25N5. The van der Waals surface area contributed by atoms with Gasteiger partial charge in [0.2, 0.25) is 0 Å². The first-order valence-corrected chi connectivity index (χ1v) is 8.27. The monoisotopic (exact) mass is 323 g/mol. The first kappa shape index (κ1) is 16.3. The summed E-state index contributed by atoms with van der Waals surface area (Å²) < 4.78 is 1.98. The van der Waals surface area contributed by atoms with Crippen LogP contribution < -0.4 is 10.6 Å². The van der Waals surface area contributed by atoms with E-state index in [1.807, 2.05) is 23.5 Å². The summed E-state index contributed by atoms with van der Waals surface area (Å²) in [6, 6.07) is 6.34. The number of nitrogen functional groups attached to an aromatic ring is 1. The van der Waals surface area contributed by atoms with Crippen molar-refractivity contribution in [3.8, 4) is 11.3 Å². The van der Waals surface area contributed by atoms with Gasteiger partial charge in [0.05, 0.1) is 22.6 Å². The molecule has 5 heteroatoms. The number of aromatic nitrogens is 3. The lowest BCUT2D eigenvalue weighted by Gasteiger charge is -2.17. The topological polar surface area (TPSA) is 59.5 Å². The second-order valence-corrected chi connectivity index (χ2v) is 6.53. The largest absolute Gasteiger partial charge is 0.395 e. The summed E-state index contributed by atoms with van der Waals surface area (Å²) in [6.45, 7) is 8.33. The predicted octanol–water partition coefficient (Wildman–Crippen LogP) is 3.53. The van der Waals surface area contributed by atoms with Gasteiger partial charge in [-0.25, -0.2) is 9.50 Å². The molecule has 0 aliphatic carbocycles. The first-order chi connectivity index (χ1) is 11.3. The molecule has 3 aromatic rings. The Morgan fingerprint density at radius 3 is 2.42 bits per heavy atom. The van der Waals surface area contributed by atoms with E-state index in [9.17, 15) is 0 Å². The molecule has 0 saturated heterocycles. The van der Waals surface area contributed by atoms with Gasteiger partial charge in [-0.2, -0.15) is 5.10 Å². The standard InChI is InChI=1S/C19H25N5/c1-7-14-18(20)19-11(2)8-9-15(24(19)22-14)17-12(3)10-16(23(5)6)21-13(17)4/h8-10H,7,20H2,1-6H3. The maximum Gasteiger partial charge on any atom is 0.128 e. The number of anilines is 2. The molecule has 3 aromatic heterocycles. The van der Waals surface area contributed by atoms with Gasteiger partial charge in [-0.3, -0.25) is 0 Å². The maximum atomic E-state index is 6.33. The minimum absolute atomic E-state index is 0.782. The van der Waals surface area contributed by atoms with Gasteiger partial charge in [0.25, 0.3) is 0 Å². The Labute approximate surface area is 143 Å². The number of rotatable bonds is 3. The van der Waals surface area contributed by atoms with E-state index in [4.69, 9.17) is 15.8 Å². The summed E-state index contributed by atoms with van der Waals surface area (Å²) in [5.41, 5.74) is 14.5. The zero-order chi connectivity index (χ0) is 17.6. The van der Waals surface area contributed by atoms with Gasteiger partial charge in [0, 0.05) is 25.4 Å². The highest BCUT2D eigenvalue weighted by Gasteiger charge is 2.18. The van der Waals surface area contributed by atoms with Gasteiger partial charge in [0.15, 0.2) is 0 Å². The van der Waals surface area contributed by atoms with Crippen LogP contribution in [0.5, 0.6) is 0 Å². The lowest BCUT2D eigenvalue weighted by molar-refractivity contribution is 0.898. The Morgan fingerprint density at radius 1 is 1.12 bits per heavy atom. The molecule has 0 aliphatic rings. The number of hydrogen-bond acceptors (Lipinski definition) is 4. The summed E-state index contributed by atoms with van der Waals surface area (Å²) in [4.78, 5) is 6.77. The van der Waals surface area contributed by atoms with Gasteiger partial charge < -0.3 is 10.6 Å². The summed E-state index contributed by atoms with van der Waals surface area (Å²) in [5, 5.41) is 4.76. The molecule has 0 amide bonds. The summed E-state index contributed by atoms with van der Waals surface area (Å²) in [6.07, 6.45) is 0.822. The molecule has 0 aliphatic heterocycles. The fourth-order valence-corrected chi connectivity index (χ4v) is 3.26. The Bertz CT molecular complexity index is 898. The van der Waals surface area contributed by atoms with Crippen molar-refractivity contribution in [2.75, 3.05) is 24.7 Å². The molecule has 0 fully saturated rings. The van der Waals surface area contributed by atoms with Gasteiger partial charge in [0.1, 0.15) is 5.82 Å². The van der Waals surface area contributed by atoms with Crippen LogP contribution in [0.1, 0.15) is 29.4 Å². The Kier molecular flexibility index (Phi) is 3.95. The van der Waals surface area contributed by atoms with Crippen molar-refractivity contribution in [2.24, 2.45) is 0 Å². The average Bonchev–Trinajstić information content (AvgIpc) is 2.86. The highest BCUT2D eigenvalue weighted by atomic mass is 15.2. The Balaban J connectivity index is 2.34. The predicted molar refractivity (Wildman–Crippen MR) is 101 cm³/mol. The van der Waals surface area contributed by atoms with Crippen LogP contribution in [0.2, 0.25) is 0 Å². The van der Waals surface area contributed by atoms with E-state index < -0.39 is 0 Å². The van der Waals surface area contributed by atoms with Crippen LogP contribution in [0.25, 0.3) is 16.8 Å². The second kappa shape index (κ2) is 5.82. The van der Waals surface area contributed by atoms with Crippen LogP contribution in [0, 0.1) is 20.8 Å². The van der Waals surface area contributed by atoms with Crippen LogP contribution in [-0.2, 0) is 6.42 Å². The van der Waals surface area contributed by atoms with Crippen molar-refractivity contribution < 1.29 is 0 Å². The zero-order valence-corrected chi connectivity index (χ0v) is 15.3. The van der Waals surface area contributed by atoms with Crippen molar-refractivity contribution in [1.29, 1.82) is 0 Å². The van der Waals surface area contributed by atoms with E-state index in [-0.39, 0.29) is 0 Å². The molecule has 0 bridgehead atoms. The zero-order valence-electron chi connectivity index (χ0n) is 15.3. The summed E-state index contributed by atoms with van der Waals surface area (Å²) >= 11 is 0. The minimum atomic E-state index is 0.782. The second-order valence-electron chi connectivity index (χ2n) is 6.53. The number of nitrogens with two attached hydrogens (primary N) is 1. The molecule has 3 heterocycles. The smallest absolute Gasteiger partial charge is 0.128 e. The van der Waals surface area contributed by atoms with Crippen LogP contribution in [0.15, 0.2) is 18.2 Å². The van der Waals surface area contributed by atoms with Gasteiger partial charge >= 0.3 is 0 Å². The SMILES string of the molecule is CCc1nn2c(-c3c(C)cc(N(C)C)nc3C)ccc(C)c2c1N. The van der Waals surface area contributed by atoms with Crippen LogP contribution >= 0.6 is 0 Å². The van der Waals surface area contributed by atoms with E-state index in [1.54, 1.807) is 0 Å². The number of nitrogens with zero attached hydrogens (tertiary/aromatic N) is 4. The Morgan fingerprint density at radius 2 is 1.83 bits per heavy atom. The fourth-order valence-electron chi connectivity index (χ4n) is 3.26. The number of hydrogen-bond donors (Lipinski definition) is 1. The van der Waals surface area contributed by atoms with Crippen molar-refractivity contribution in [3.63, 3.8) is 0 Å². The molecule has 0 saturated carbocycles. The molecule has 0 aromatic carbocycles. The lowest BCUT2D eigenvalue weighted by Crippen LogP contribution is -2.12. The van der Waals surface area contributed by atoms with Crippen LogP contribution in [0.3, 0.4) is 0 Å². The van der Waals surface area contributed by atoms with Crippen molar-refractivity contribution in [2.45, 2.75) is 34.1 Å². The summed E-state index contributed by atoms with van der Waals surface area (Å²) in [5.74, 6) is 0.964. The van der Waals surface area contributed by atoms with E-state index in [1.165, 1.54) is 5.56 Å². The molecule has 2 N–H and O–H groups in total. The molecule has 0 unspecified atom stereocenters. The number of fused-ring (bicyclic) bond motifs is 1. The molecule has 5 nitrogen and oxygen atoms in total.